The van der Waals surface area contributed by atoms with Crippen molar-refractivity contribution >= 4 is 0 Å². The van der Waals surface area contributed by atoms with E-state index in [-0.39, 0.29) is 11.5 Å². The zero-order chi connectivity index (χ0) is 22.4. The van der Waals surface area contributed by atoms with Crippen LogP contribution in [0.15, 0.2) is 30.4 Å². The SMILES string of the molecule is CCCCCCCCCCCCCCCCCC=CCCCCc1c(O)cccc1O. The van der Waals surface area contributed by atoms with Gasteiger partial charge in [-0.25, -0.2) is 0 Å². The Morgan fingerprint density at radius 1 is 0.548 bits per heavy atom. The highest BCUT2D eigenvalue weighted by Crippen LogP contribution is 2.28. The summed E-state index contributed by atoms with van der Waals surface area (Å²) in [5.74, 6) is 0.424. The number of hydrogen-bond acceptors (Lipinski definition) is 2. The lowest BCUT2D eigenvalue weighted by molar-refractivity contribution is 0.436. The van der Waals surface area contributed by atoms with E-state index in [1.807, 2.05) is 0 Å². The number of rotatable bonds is 21. The van der Waals surface area contributed by atoms with Gasteiger partial charge in [-0.05, 0) is 50.7 Å². The summed E-state index contributed by atoms with van der Waals surface area (Å²) in [6, 6.07) is 4.97. The molecule has 0 aliphatic carbocycles. The Morgan fingerprint density at radius 2 is 0.935 bits per heavy atom. The molecule has 0 aliphatic heterocycles. The summed E-state index contributed by atoms with van der Waals surface area (Å²) in [7, 11) is 0. The van der Waals surface area contributed by atoms with Crippen molar-refractivity contribution in [1.29, 1.82) is 0 Å². The topological polar surface area (TPSA) is 40.5 Å². The molecule has 0 bridgehead atoms. The number of allylic oxidation sites excluding steroid dienone is 2. The molecule has 178 valence electrons. The molecule has 1 aromatic rings. The van der Waals surface area contributed by atoms with Crippen molar-refractivity contribution in [2.24, 2.45) is 0 Å². The Balaban J connectivity index is 1.79. The van der Waals surface area contributed by atoms with Gasteiger partial charge >= 0.3 is 0 Å². The van der Waals surface area contributed by atoms with Gasteiger partial charge in [0.15, 0.2) is 0 Å². The van der Waals surface area contributed by atoms with Crippen LogP contribution in [-0.2, 0) is 6.42 Å². The first kappa shape index (κ1) is 27.6. The molecule has 1 aromatic carbocycles. The Morgan fingerprint density at radius 3 is 1.39 bits per heavy atom. The van der Waals surface area contributed by atoms with Gasteiger partial charge in [0.25, 0.3) is 0 Å². The Kier molecular flexibility index (Phi) is 18.2. The second kappa shape index (κ2) is 20.5. The number of phenols is 2. The zero-order valence-electron chi connectivity index (χ0n) is 20.4. The van der Waals surface area contributed by atoms with Crippen LogP contribution in [0.5, 0.6) is 11.5 Å². The highest BCUT2D eigenvalue weighted by atomic mass is 16.3. The molecule has 0 fully saturated rings. The maximum Gasteiger partial charge on any atom is 0.122 e. The first-order chi connectivity index (χ1) is 15.3. The molecule has 0 spiro atoms. The standard InChI is InChI=1S/C29H50O2/c1-2-3-4-5-6-7-8-9-10-11-12-13-14-15-16-17-18-19-20-21-22-24-27-28(30)25-23-26-29(27)31/h18-19,23,25-26,30-31H,2-17,20-22,24H2,1H3. The number of aromatic hydroxyl groups is 2. The normalized spacial score (nSPS) is 11.5. The lowest BCUT2D eigenvalue weighted by Crippen LogP contribution is -1.87. The smallest absolute Gasteiger partial charge is 0.122 e. The average molecular weight is 431 g/mol. The zero-order valence-corrected chi connectivity index (χ0v) is 20.4. The third-order valence-electron chi connectivity index (χ3n) is 6.32. The maximum atomic E-state index is 9.78. The van der Waals surface area contributed by atoms with Gasteiger partial charge in [0, 0.05) is 5.56 Å². The van der Waals surface area contributed by atoms with Crippen LogP contribution >= 0.6 is 0 Å². The van der Waals surface area contributed by atoms with Gasteiger partial charge in [0.05, 0.1) is 0 Å². The summed E-state index contributed by atoms with van der Waals surface area (Å²) in [5.41, 5.74) is 0.685. The summed E-state index contributed by atoms with van der Waals surface area (Å²) in [5, 5.41) is 19.6. The molecule has 1 rings (SSSR count). The van der Waals surface area contributed by atoms with Gasteiger partial charge in [0.2, 0.25) is 0 Å². The van der Waals surface area contributed by atoms with Gasteiger partial charge in [-0.1, -0.05) is 115 Å². The molecular formula is C29H50O2. The minimum Gasteiger partial charge on any atom is -0.508 e. The second-order valence-electron chi connectivity index (χ2n) is 9.23. The van der Waals surface area contributed by atoms with Crippen molar-refractivity contribution in [2.45, 2.75) is 135 Å². The van der Waals surface area contributed by atoms with Gasteiger partial charge in [-0.3, -0.25) is 0 Å². The van der Waals surface area contributed by atoms with Crippen molar-refractivity contribution in [1.82, 2.24) is 0 Å². The molecule has 0 aromatic heterocycles. The molecule has 0 amide bonds. The van der Waals surface area contributed by atoms with Crippen molar-refractivity contribution in [3.63, 3.8) is 0 Å². The monoisotopic (exact) mass is 430 g/mol. The minimum absolute atomic E-state index is 0.212. The van der Waals surface area contributed by atoms with E-state index in [1.165, 1.54) is 103 Å². The average Bonchev–Trinajstić information content (AvgIpc) is 2.76. The van der Waals surface area contributed by atoms with E-state index >= 15 is 0 Å². The van der Waals surface area contributed by atoms with Gasteiger partial charge in [0.1, 0.15) is 11.5 Å². The lowest BCUT2D eigenvalue weighted by Gasteiger charge is -2.06. The van der Waals surface area contributed by atoms with E-state index < -0.39 is 0 Å². The summed E-state index contributed by atoms with van der Waals surface area (Å²) < 4.78 is 0. The van der Waals surface area contributed by atoms with Crippen molar-refractivity contribution in [2.75, 3.05) is 0 Å². The van der Waals surface area contributed by atoms with E-state index in [4.69, 9.17) is 0 Å². The molecule has 0 saturated heterocycles. The molecule has 0 atom stereocenters. The molecule has 2 heteroatoms. The molecule has 0 aliphatic rings. The lowest BCUT2D eigenvalue weighted by atomic mass is 10.0. The predicted octanol–water partition coefficient (Wildman–Crippen LogP) is 9.63. The second-order valence-corrected chi connectivity index (χ2v) is 9.23. The first-order valence-electron chi connectivity index (χ1n) is 13.4. The number of benzene rings is 1. The third kappa shape index (κ3) is 15.9. The van der Waals surface area contributed by atoms with Crippen LogP contribution in [0.4, 0.5) is 0 Å². The van der Waals surface area contributed by atoms with Gasteiger partial charge in [-0.15, -0.1) is 0 Å². The number of unbranched alkanes of at least 4 members (excludes halogenated alkanes) is 17. The van der Waals surface area contributed by atoms with Crippen molar-refractivity contribution in [3.05, 3.63) is 35.9 Å². The van der Waals surface area contributed by atoms with E-state index in [2.05, 4.69) is 19.1 Å². The van der Waals surface area contributed by atoms with Crippen LogP contribution in [0.25, 0.3) is 0 Å². The van der Waals surface area contributed by atoms with Crippen LogP contribution in [-0.4, -0.2) is 10.2 Å². The van der Waals surface area contributed by atoms with Crippen LogP contribution < -0.4 is 0 Å². The summed E-state index contributed by atoms with van der Waals surface area (Å²) >= 11 is 0. The van der Waals surface area contributed by atoms with Crippen LogP contribution in [0.2, 0.25) is 0 Å². The Bertz CT molecular complexity index is 529. The third-order valence-corrected chi connectivity index (χ3v) is 6.32. The Labute approximate surface area is 193 Å². The van der Waals surface area contributed by atoms with E-state index in [0.717, 1.165) is 25.7 Å². The van der Waals surface area contributed by atoms with Crippen LogP contribution in [0.1, 0.15) is 134 Å². The molecule has 2 nitrogen and oxygen atoms in total. The molecule has 31 heavy (non-hydrogen) atoms. The minimum atomic E-state index is 0.212. The summed E-state index contributed by atoms with van der Waals surface area (Å²) in [6.07, 6.45) is 31.1. The van der Waals surface area contributed by atoms with Crippen LogP contribution in [0.3, 0.4) is 0 Å². The van der Waals surface area contributed by atoms with Crippen molar-refractivity contribution in [3.8, 4) is 11.5 Å². The molecule has 0 radical (unpaired) electrons. The molecule has 0 heterocycles. The fourth-order valence-corrected chi connectivity index (χ4v) is 4.25. The van der Waals surface area contributed by atoms with Crippen LogP contribution in [0, 0.1) is 0 Å². The maximum absolute atomic E-state index is 9.78. The Hall–Kier alpha value is -1.44. The summed E-state index contributed by atoms with van der Waals surface area (Å²) in [6.45, 7) is 2.29. The molecule has 0 saturated carbocycles. The van der Waals surface area contributed by atoms with E-state index in [0.29, 0.717) is 5.56 Å². The van der Waals surface area contributed by atoms with Gasteiger partial charge in [-0.2, -0.15) is 0 Å². The molecule has 0 unspecified atom stereocenters. The van der Waals surface area contributed by atoms with Crippen molar-refractivity contribution < 1.29 is 10.2 Å². The molecule has 2 N–H and O–H groups in total. The fraction of sp³-hybridized carbons (Fsp3) is 0.724. The number of hydrogen-bond donors (Lipinski definition) is 2. The number of phenolic OH excluding ortho intramolecular Hbond substituents is 2. The van der Waals surface area contributed by atoms with E-state index in [1.54, 1.807) is 18.2 Å². The van der Waals surface area contributed by atoms with E-state index in [9.17, 15) is 10.2 Å². The first-order valence-corrected chi connectivity index (χ1v) is 13.4. The largest absolute Gasteiger partial charge is 0.508 e. The fourth-order valence-electron chi connectivity index (χ4n) is 4.25. The summed E-state index contributed by atoms with van der Waals surface area (Å²) in [4.78, 5) is 0. The highest BCUT2D eigenvalue weighted by molar-refractivity contribution is 5.42. The quantitative estimate of drug-likeness (QED) is 0.150. The molecular weight excluding hydrogens is 380 g/mol. The van der Waals surface area contributed by atoms with Gasteiger partial charge < -0.3 is 10.2 Å². The highest BCUT2D eigenvalue weighted by Gasteiger charge is 2.05. The predicted molar refractivity (Wildman–Crippen MR) is 136 cm³/mol.